The van der Waals surface area contributed by atoms with E-state index in [1.165, 1.54) is 6.08 Å². The largest absolute Gasteiger partial charge is 0.463 e. The van der Waals surface area contributed by atoms with Gasteiger partial charge in [0.2, 0.25) is 6.79 Å². The van der Waals surface area contributed by atoms with Crippen molar-refractivity contribution in [3.05, 3.63) is 36.2 Å². The van der Waals surface area contributed by atoms with Crippen molar-refractivity contribution < 1.29 is 19.0 Å². The van der Waals surface area contributed by atoms with Gasteiger partial charge >= 0.3 is 5.97 Å². The van der Waals surface area contributed by atoms with Crippen LogP contribution < -0.4 is 9.47 Å². The average molecular weight is 271 g/mol. The fourth-order valence-corrected chi connectivity index (χ4v) is 2.05. The summed E-state index contributed by atoms with van der Waals surface area (Å²) in [5, 5.41) is 1.88. The molecule has 0 unspecified atom stereocenters. The van der Waals surface area contributed by atoms with E-state index in [0.29, 0.717) is 18.1 Å². The quantitative estimate of drug-likeness (QED) is 0.634. The Morgan fingerprint density at radius 3 is 3.00 bits per heavy atom. The standard InChI is InChI=1S/C15H13NO4/c1-2-18-15(17)4-3-12-11-8-14-13(19-9-20-14)7-10(11)5-6-16-12/h3-8H,2,9H2,1H3/b4-3+. The number of pyridine rings is 1. The minimum Gasteiger partial charge on any atom is -0.463 e. The monoisotopic (exact) mass is 271 g/mol. The number of fused-ring (bicyclic) bond motifs is 2. The first-order valence-electron chi connectivity index (χ1n) is 6.31. The van der Waals surface area contributed by atoms with E-state index in [1.807, 2.05) is 18.2 Å². The fraction of sp³-hybridized carbons (Fsp3) is 0.200. The number of carbonyl (C=O) groups is 1. The van der Waals surface area contributed by atoms with Crippen LogP contribution in [0.1, 0.15) is 12.6 Å². The molecule has 5 nitrogen and oxygen atoms in total. The van der Waals surface area contributed by atoms with Gasteiger partial charge in [0.15, 0.2) is 11.5 Å². The maximum atomic E-state index is 11.4. The summed E-state index contributed by atoms with van der Waals surface area (Å²) in [7, 11) is 0. The summed E-state index contributed by atoms with van der Waals surface area (Å²) >= 11 is 0. The summed E-state index contributed by atoms with van der Waals surface area (Å²) in [6.45, 7) is 2.35. The summed E-state index contributed by atoms with van der Waals surface area (Å²) in [4.78, 5) is 15.6. The molecular formula is C15H13NO4. The molecular weight excluding hydrogens is 258 g/mol. The van der Waals surface area contributed by atoms with E-state index >= 15 is 0 Å². The average Bonchev–Trinajstić information content (AvgIpc) is 2.90. The van der Waals surface area contributed by atoms with E-state index in [2.05, 4.69) is 4.98 Å². The molecule has 102 valence electrons. The Morgan fingerprint density at radius 1 is 1.40 bits per heavy atom. The van der Waals surface area contributed by atoms with Crippen molar-refractivity contribution in [2.24, 2.45) is 0 Å². The van der Waals surface area contributed by atoms with Gasteiger partial charge in [0, 0.05) is 17.7 Å². The third kappa shape index (κ3) is 2.30. The van der Waals surface area contributed by atoms with E-state index < -0.39 is 0 Å². The number of aromatic nitrogens is 1. The minimum absolute atomic E-state index is 0.229. The molecule has 0 N–H and O–H groups in total. The molecule has 5 heteroatoms. The van der Waals surface area contributed by atoms with E-state index in [1.54, 1.807) is 19.2 Å². The maximum absolute atomic E-state index is 11.4. The number of hydrogen-bond acceptors (Lipinski definition) is 5. The Labute approximate surface area is 115 Å². The lowest BCUT2D eigenvalue weighted by Crippen LogP contribution is -1.98. The highest BCUT2D eigenvalue weighted by atomic mass is 16.7. The Hall–Kier alpha value is -2.56. The zero-order chi connectivity index (χ0) is 13.9. The highest BCUT2D eigenvalue weighted by Crippen LogP contribution is 2.36. The first-order chi connectivity index (χ1) is 9.78. The smallest absolute Gasteiger partial charge is 0.330 e. The van der Waals surface area contributed by atoms with Crippen molar-refractivity contribution in [1.29, 1.82) is 0 Å². The molecule has 20 heavy (non-hydrogen) atoms. The van der Waals surface area contributed by atoms with Gasteiger partial charge in [-0.3, -0.25) is 4.98 Å². The molecule has 1 aliphatic rings. The molecule has 0 spiro atoms. The number of hydrogen-bond donors (Lipinski definition) is 0. The summed E-state index contributed by atoms with van der Waals surface area (Å²) in [6, 6.07) is 5.66. The highest BCUT2D eigenvalue weighted by Gasteiger charge is 2.15. The zero-order valence-electron chi connectivity index (χ0n) is 11.0. The third-order valence-electron chi connectivity index (χ3n) is 2.95. The third-order valence-corrected chi connectivity index (χ3v) is 2.95. The Balaban J connectivity index is 2.01. The summed E-state index contributed by atoms with van der Waals surface area (Å²) in [5.41, 5.74) is 0.689. The van der Waals surface area contributed by atoms with Crippen LogP contribution in [-0.4, -0.2) is 24.4 Å². The predicted molar refractivity (Wildman–Crippen MR) is 73.5 cm³/mol. The van der Waals surface area contributed by atoms with Gasteiger partial charge in [0.1, 0.15) is 0 Å². The second-order valence-corrected chi connectivity index (χ2v) is 4.21. The molecule has 0 bridgehead atoms. The molecule has 0 aliphatic carbocycles. The van der Waals surface area contributed by atoms with Crippen LogP contribution in [0.3, 0.4) is 0 Å². The molecule has 1 aromatic heterocycles. The second kappa shape index (κ2) is 5.21. The van der Waals surface area contributed by atoms with Crippen LogP contribution in [0.5, 0.6) is 11.5 Å². The first kappa shape index (κ1) is 12.5. The second-order valence-electron chi connectivity index (χ2n) is 4.21. The van der Waals surface area contributed by atoms with E-state index in [-0.39, 0.29) is 12.8 Å². The van der Waals surface area contributed by atoms with Gasteiger partial charge < -0.3 is 14.2 Å². The lowest BCUT2D eigenvalue weighted by atomic mass is 10.1. The molecule has 1 aliphatic heterocycles. The highest BCUT2D eigenvalue weighted by molar-refractivity contribution is 5.95. The van der Waals surface area contributed by atoms with Crippen LogP contribution in [0.15, 0.2) is 30.5 Å². The lowest BCUT2D eigenvalue weighted by molar-refractivity contribution is -0.137. The summed E-state index contributed by atoms with van der Waals surface area (Å²) in [5.74, 6) is 1.03. The van der Waals surface area contributed by atoms with Crippen molar-refractivity contribution in [3.8, 4) is 11.5 Å². The molecule has 0 fully saturated rings. The molecule has 0 saturated carbocycles. The molecule has 1 aromatic carbocycles. The van der Waals surface area contributed by atoms with E-state index in [4.69, 9.17) is 14.2 Å². The van der Waals surface area contributed by atoms with Crippen LogP contribution in [0.25, 0.3) is 16.8 Å². The van der Waals surface area contributed by atoms with Crippen LogP contribution in [-0.2, 0) is 9.53 Å². The lowest BCUT2D eigenvalue weighted by Gasteiger charge is -2.03. The van der Waals surface area contributed by atoms with Crippen LogP contribution in [0.2, 0.25) is 0 Å². The van der Waals surface area contributed by atoms with E-state index in [9.17, 15) is 4.79 Å². The van der Waals surface area contributed by atoms with Gasteiger partial charge in [-0.2, -0.15) is 0 Å². The summed E-state index contributed by atoms with van der Waals surface area (Å²) < 4.78 is 15.6. The molecule has 2 aromatic rings. The fourth-order valence-electron chi connectivity index (χ4n) is 2.05. The SMILES string of the molecule is CCOC(=O)/C=C/c1nccc2cc3c(cc12)OCO3. The van der Waals surface area contributed by atoms with Gasteiger partial charge in [-0.25, -0.2) is 4.79 Å². The van der Waals surface area contributed by atoms with Gasteiger partial charge in [-0.05, 0) is 36.6 Å². The predicted octanol–water partition coefficient (Wildman–Crippen LogP) is 2.54. The van der Waals surface area contributed by atoms with Crippen LogP contribution >= 0.6 is 0 Å². The Morgan fingerprint density at radius 2 is 2.20 bits per heavy atom. The zero-order valence-corrected chi connectivity index (χ0v) is 11.0. The molecule has 0 atom stereocenters. The molecule has 0 radical (unpaired) electrons. The summed E-state index contributed by atoms with van der Waals surface area (Å²) in [6.07, 6.45) is 4.70. The van der Waals surface area contributed by atoms with E-state index in [0.717, 1.165) is 16.5 Å². The molecule has 0 saturated heterocycles. The van der Waals surface area contributed by atoms with Gasteiger partial charge in [0.05, 0.1) is 12.3 Å². The molecule has 2 heterocycles. The van der Waals surface area contributed by atoms with Crippen molar-refractivity contribution in [2.75, 3.05) is 13.4 Å². The number of esters is 1. The van der Waals surface area contributed by atoms with Crippen molar-refractivity contribution in [3.63, 3.8) is 0 Å². The maximum Gasteiger partial charge on any atom is 0.330 e. The first-order valence-corrected chi connectivity index (χ1v) is 6.31. The van der Waals surface area contributed by atoms with Gasteiger partial charge in [-0.15, -0.1) is 0 Å². The normalized spacial score (nSPS) is 13.1. The number of carbonyl (C=O) groups excluding carboxylic acids is 1. The molecule has 3 rings (SSSR count). The number of rotatable bonds is 3. The minimum atomic E-state index is -0.382. The van der Waals surface area contributed by atoms with Crippen LogP contribution in [0, 0.1) is 0 Å². The number of nitrogens with zero attached hydrogens (tertiary/aromatic N) is 1. The van der Waals surface area contributed by atoms with Gasteiger partial charge in [-0.1, -0.05) is 0 Å². The number of benzene rings is 1. The molecule has 0 amide bonds. The Kier molecular flexibility index (Phi) is 3.25. The van der Waals surface area contributed by atoms with Crippen molar-refractivity contribution in [2.45, 2.75) is 6.92 Å². The van der Waals surface area contributed by atoms with Gasteiger partial charge in [0.25, 0.3) is 0 Å². The topological polar surface area (TPSA) is 57.7 Å². The number of ether oxygens (including phenoxy) is 3. The van der Waals surface area contributed by atoms with Crippen LogP contribution in [0.4, 0.5) is 0 Å². The Bertz CT molecular complexity index is 694. The van der Waals surface area contributed by atoms with Crippen molar-refractivity contribution >= 4 is 22.8 Å². The van der Waals surface area contributed by atoms with Crippen molar-refractivity contribution in [1.82, 2.24) is 4.98 Å².